The second-order valence-corrected chi connectivity index (χ2v) is 6.87. The van der Waals surface area contributed by atoms with E-state index in [2.05, 4.69) is 4.98 Å². The van der Waals surface area contributed by atoms with Crippen molar-refractivity contribution in [3.63, 3.8) is 0 Å². The lowest BCUT2D eigenvalue weighted by atomic mass is 10.2. The molecule has 0 fully saturated rings. The van der Waals surface area contributed by atoms with E-state index < -0.39 is 15.8 Å². The van der Waals surface area contributed by atoms with Crippen molar-refractivity contribution in [1.29, 1.82) is 0 Å². The van der Waals surface area contributed by atoms with Crippen LogP contribution in [0.2, 0.25) is 5.02 Å². The zero-order chi connectivity index (χ0) is 15.6. The highest BCUT2D eigenvalue weighted by Crippen LogP contribution is 2.23. The molecule has 0 aliphatic rings. The summed E-state index contributed by atoms with van der Waals surface area (Å²) in [6.07, 6.45) is 0. The monoisotopic (exact) mass is 325 g/mol. The third kappa shape index (κ3) is 3.59. The average Bonchev–Trinajstić information content (AvgIpc) is 2.38. The summed E-state index contributed by atoms with van der Waals surface area (Å²) in [5.41, 5.74) is 0.877. The number of pyridine rings is 1. The van der Waals surface area contributed by atoms with Gasteiger partial charge < -0.3 is 5.11 Å². The lowest BCUT2D eigenvalue weighted by molar-refractivity contribution is 0.0697. The number of benzene rings is 1. The summed E-state index contributed by atoms with van der Waals surface area (Å²) in [4.78, 5) is 15.1. The summed E-state index contributed by atoms with van der Waals surface area (Å²) in [6, 6.07) is 8.72. The average molecular weight is 326 g/mol. The molecule has 0 saturated heterocycles. The quantitative estimate of drug-likeness (QED) is 0.934. The summed E-state index contributed by atoms with van der Waals surface area (Å²) in [5, 5.41) is 8.99. The van der Waals surface area contributed by atoms with Gasteiger partial charge in [-0.05, 0) is 37.3 Å². The van der Waals surface area contributed by atoms with Crippen molar-refractivity contribution in [2.75, 3.05) is 0 Å². The number of carboxylic acids is 1. The van der Waals surface area contributed by atoms with E-state index in [0.29, 0.717) is 11.4 Å². The molecule has 0 atom stereocenters. The Morgan fingerprint density at radius 3 is 2.62 bits per heavy atom. The Kier molecular flexibility index (Phi) is 4.29. The van der Waals surface area contributed by atoms with Crippen LogP contribution in [0, 0.1) is 6.92 Å². The van der Waals surface area contributed by atoms with Crippen LogP contribution in [0.5, 0.6) is 0 Å². The summed E-state index contributed by atoms with van der Waals surface area (Å²) >= 11 is 5.73. The van der Waals surface area contributed by atoms with Crippen molar-refractivity contribution in [2.45, 2.75) is 17.6 Å². The Labute approximate surface area is 127 Å². The van der Waals surface area contributed by atoms with Gasteiger partial charge in [0.2, 0.25) is 0 Å². The molecule has 0 bridgehead atoms. The van der Waals surface area contributed by atoms with Crippen LogP contribution in [0.25, 0.3) is 0 Å². The smallest absolute Gasteiger partial charge is 0.337 e. The molecule has 21 heavy (non-hydrogen) atoms. The summed E-state index contributed by atoms with van der Waals surface area (Å²) in [5.74, 6) is -1.57. The number of sulfone groups is 1. The first kappa shape index (κ1) is 15.5. The maximum atomic E-state index is 12.3. The number of hydrogen-bond acceptors (Lipinski definition) is 4. The van der Waals surface area contributed by atoms with Crippen molar-refractivity contribution in [3.05, 3.63) is 58.4 Å². The fraction of sp³-hybridized carbons (Fsp3) is 0.143. The molecule has 1 heterocycles. The van der Waals surface area contributed by atoms with Crippen molar-refractivity contribution in [1.82, 2.24) is 4.98 Å². The van der Waals surface area contributed by atoms with Gasteiger partial charge in [0.25, 0.3) is 0 Å². The van der Waals surface area contributed by atoms with E-state index in [1.165, 1.54) is 12.1 Å². The molecule has 0 aliphatic carbocycles. The molecule has 2 aromatic rings. The Balaban J connectivity index is 2.40. The molecule has 2 rings (SSSR count). The van der Waals surface area contributed by atoms with E-state index in [4.69, 9.17) is 16.7 Å². The van der Waals surface area contributed by atoms with E-state index in [1.54, 1.807) is 25.1 Å². The highest BCUT2D eigenvalue weighted by atomic mass is 35.5. The molecule has 1 aromatic heterocycles. The van der Waals surface area contributed by atoms with Crippen LogP contribution >= 0.6 is 11.6 Å². The molecular formula is C14H12ClNO4S. The van der Waals surface area contributed by atoms with Gasteiger partial charge in [-0.15, -0.1) is 0 Å². The van der Waals surface area contributed by atoms with Crippen LogP contribution in [-0.4, -0.2) is 24.5 Å². The van der Waals surface area contributed by atoms with Crippen LogP contribution in [0.15, 0.2) is 41.3 Å². The normalized spacial score (nSPS) is 11.3. The predicted octanol–water partition coefficient (Wildman–Crippen LogP) is 2.72. The van der Waals surface area contributed by atoms with Crippen LogP contribution in [0.3, 0.4) is 0 Å². The lowest BCUT2D eigenvalue weighted by Gasteiger charge is -2.07. The second kappa shape index (κ2) is 5.83. The third-order valence-electron chi connectivity index (χ3n) is 2.81. The number of aromatic carboxylic acids is 1. The molecule has 0 spiro atoms. The zero-order valence-electron chi connectivity index (χ0n) is 11.1. The topological polar surface area (TPSA) is 84.3 Å². The fourth-order valence-corrected chi connectivity index (χ4v) is 3.31. The van der Waals surface area contributed by atoms with E-state index in [9.17, 15) is 13.2 Å². The molecule has 0 aliphatic heterocycles. The third-order valence-corrected chi connectivity index (χ3v) is 4.79. The van der Waals surface area contributed by atoms with Crippen molar-refractivity contribution >= 4 is 27.4 Å². The Morgan fingerprint density at radius 2 is 2.00 bits per heavy atom. The maximum absolute atomic E-state index is 12.3. The lowest BCUT2D eigenvalue weighted by Crippen LogP contribution is -2.08. The van der Waals surface area contributed by atoms with Crippen molar-refractivity contribution in [2.24, 2.45) is 0 Å². The van der Waals surface area contributed by atoms with Crippen molar-refractivity contribution in [3.8, 4) is 0 Å². The molecule has 0 saturated carbocycles. The minimum Gasteiger partial charge on any atom is -0.478 e. The first-order chi connectivity index (χ1) is 9.79. The van der Waals surface area contributed by atoms with Crippen LogP contribution in [-0.2, 0) is 15.6 Å². The molecular weight excluding hydrogens is 314 g/mol. The zero-order valence-corrected chi connectivity index (χ0v) is 12.6. The minimum atomic E-state index is -3.69. The van der Waals surface area contributed by atoms with Gasteiger partial charge in [0.15, 0.2) is 9.84 Å². The maximum Gasteiger partial charge on any atom is 0.337 e. The highest BCUT2D eigenvalue weighted by Gasteiger charge is 2.19. The Morgan fingerprint density at radius 1 is 1.29 bits per heavy atom. The summed E-state index contributed by atoms with van der Waals surface area (Å²) in [7, 11) is -3.69. The van der Waals surface area contributed by atoms with E-state index in [-0.39, 0.29) is 21.2 Å². The van der Waals surface area contributed by atoms with Gasteiger partial charge in [0, 0.05) is 5.69 Å². The first-order valence-electron chi connectivity index (χ1n) is 5.98. The molecule has 1 aromatic carbocycles. The number of rotatable bonds is 4. The van der Waals surface area contributed by atoms with Crippen LogP contribution < -0.4 is 0 Å². The predicted molar refractivity (Wildman–Crippen MR) is 78.3 cm³/mol. The van der Waals surface area contributed by atoms with Gasteiger partial charge in [-0.2, -0.15) is 0 Å². The molecule has 0 radical (unpaired) electrons. The molecule has 1 N–H and O–H groups in total. The Hall–Kier alpha value is -1.92. The number of carbonyl (C=O) groups is 1. The van der Waals surface area contributed by atoms with Gasteiger partial charge in [0.05, 0.1) is 26.9 Å². The van der Waals surface area contributed by atoms with Gasteiger partial charge in [0.1, 0.15) is 0 Å². The Bertz CT molecular complexity index is 802. The summed E-state index contributed by atoms with van der Waals surface area (Å²) < 4.78 is 24.6. The number of aromatic nitrogens is 1. The second-order valence-electron chi connectivity index (χ2n) is 4.48. The van der Waals surface area contributed by atoms with Gasteiger partial charge in [-0.3, -0.25) is 4.98 Å². The van der Waals surface area contributed by atoms with E-state index >= 15 is 0 Å². The van der Waals surface area contributed by atoms with Crippen LogP contribution in [0.1, 0.15) is 21.7 Å². The molecule has 7 heteroatoms. The first-order valence-corrected chi connectivity index (χ1v) is 8.01. The number of carboxylic acid groups (broad SMARTS) is 1. The van der Waals surface area contributed by atoms with Gasteiger partial charge in [-0.1, -0.05) is 17.7 Å². The molecule has 0 amide bonds. The van der Waals surface area contributed by atoms with Gasteiger partial charge >= 0.3 is 5.97 Å². The molecule has 5 nitrogen and oxygen atoms in total. The van der Waals surface area contributed by atoms with Crippen LogP contribution in [0.4, 0.5) is 0 Å². The van der Waals surface area contributed by atoms with Crippen molar-refractivity contribution < 1.29 is 18.3 Å². The van der Waals surface area contributed by atoms with E-state index in [1.807, 2.05) is 0 Å². The number of halogens is 1. The standard InChI is InChI=1S/C14H12ClNO4S/c1-9-3-2-4-10(16-9)8-21(19,20)11-5-6-13(15)12(7-11)14(17)18/h2-7H,8H2,1H3,(H,17,18). The number of aryl methyl sites for hydroxylation is 1. The molecule has 110 valence electrons. The molecule has 0 unspecified atom stereocenters. The minimum absolute atomic E-state index is 0.00451. The van der Waals surface area contributed by atoms with E-state index in [0.717, 1.165) is 6.07 Å². The largest absolute Gasteiger partial charge is 0.478 e. The highest BCUT2D eigenvalue weighted by molar-refractivity contribution is 7.90. The SMILES string of the molecule is Cc1cccc(CS(=O)(=O)c2ccc(Cl)c(C(=O)O)c2)n1. The summed E-state index contributed by atoms with van der Waals surface area (Å²) in [6.45, 7) is 1.76. The number of nitrogens with zero attached hydrogens (tertiary/aromatic N) is 1. The van der Waals surface area contributed by atoms with Gasteiger partial charge in [-0.25, -0.2) is 13.2 Å². The fourth-order valence-electron chi connectivity index (χ4n) is 1.82. The number of hydrogen-bond donors (Lipinski definition) is 1.